The predicted molar refractivity (Wildman–Crippen MR) is 66.2 cm³/mol. The van der Waals surface area contributed by atoms with Crippen LogP contribution in [-0.4, -0.2) is 31.7 Å². The van der Waals surface area contributed by atoms with Crippen LogP contribution in [-0.2, 0) is 9.53 Å². The zero-order valence-corrected chi connectivity index (χ0v) is 11.0. The third-order valence-corrected chi connectivity index (χ3v) is 2.42. The molecule has 0 bridgehead atoms. The van der Waals surface area contributed by atoms with Crippen molar-refractivity contribution in [2.45, 2.75) is 46.6 Å². The van der Waals surface area contributed by atoms with Gasteiger partial charge in [0.15, 0.2) is 0 Å². The first-order valence-electron chi connectivity index (χ1n) is 5.99. The van der Waals surface area contributed by atoms with E-state index in [0.29, 0.717) is 13.2 Å². The molecule has 1 unspecified atom stereocenters. The van der Waals surface area contributed by atoms with Crippen LogP contribution in [0.25, 0.3) is 0 Å². The van der Waals surface area contributed by atoms with Gasteiger partial charge in [-0.1, -0.05) is 27.7 Å². The zero-order valence-electron chi connectivity index (χ0n) is 11.0. The molecule has 4 heteroatoms. The monoisotopic (exact) mass is 230 g/mol. The van der Waals surface area contributed by atoms with E-state index in [-0.39, 0.29) is 24.0 Å². The third-order valence-electron chi connectivity index (χ3n) is 2.42. The molecule has 1 amide bonds. The lowest BCUT2D eigenvalue weighted by molar-refractivity contribution is -0.127. The molecule has 4 nitrogen and oxygen atoms in total. The number of rotatable bonds is 7. The van der Waals surface area contributed by atoms with E-state index in [1.54, 1.807) is 0 Å². The van der Waals surface area contributed by atoms with Gasteiger partial charge >= 0.3 is 0 Å². The van der Waals surface area contributed by atoms with Crippen molar-refractivity contribution in [3.8, 4) is 0 Å². The molecule has 0 aliphatic heterocycles. The van der Waals surface area contributed by atoms with Gasteiger partial charge in [-0.3, -0.25) is 4.79 Å². The Balaban J connectivity index is 4.04. The Kier molecular flexibility index (Phi) is 7.34. The molecule has 0 aliphatic carbocycles. The molecule has 0 aromatic heterocycles. The number of ether oxygens (including phenoxy) is 1. The van der Waals surface area contributed by atoms with Crippen molar-refractivity contribution in [2.24, 2.45) is 11.1 Å². The standard InChI is InChI=1S/C12H26N2O2/c1-5-8-16-9-11(15)14-10(6-7-13)12(2,3)4/h10H,5-9,13H2,1-4H3,(H,14,15). The minimum absolute atomic E-state index is 0.0276. The fraction of sp³-hybridized carbons (Fsp3) is 0.917. The number of carbonyl (C=O) groups excluding carboxylic acids is 1. The van der Waals surface area contributed by atoms with Crippen LogP contribution in [0, 0.1) is 5.41 Å². The Morgan fingerprint density at radius 1 is 1.44 bits per heavy atom. The van der Waals surface area contributed by atoms with E-state index in [1.165, 1.54) is 0 Å². The Labute approximate surface area is 98.9 Å². The summed E-state index contributed by atoms with van der Waals surface area (Å²) in [5, 5.41) is 2.97. The molecule has 0 aliphatic rings. The molecule has 1 atom stereocenters. The fourth-order valence-electron chi connectivity index (χ4n) is 1.43. The fourth-order valence-corrected chi connectivity index (χ4v) is 1.43. The number of carbonyl (C=O) groups is 1. The second-order valence-electron chi connectivity index (χ2n) is 5.12. The van der Waals surface area contributed by atoms with Crippen LogP contribution in [0.15, 0.2) is 0 Å². The molecular formula is C12H26N2O2. The summed E-state index contributed by atoms with van der Waals surface area (Å²) < 4.78 is 5.19. The maximum atomic E-state index is 11.6. The molecule has 3 N–H and O–H groups in total. The molecule has 0 heterocycles. The molecule has 0 radical (unpaired) electrons. The molecule has 0 aromatic carbocycles. The van der Waals surface area contributed by atoms with Crippen LogP contribution in [0.5, 0.6) is 0 Å². The van der Waals surface area contributed by atoms with Gasteiger partial charge in [-0.15, -0.1) is 0 Å². The lowest BCUT2D eigenvalue weighted by atomic mass is 9.85. The van der Waals surface area contributed by atoms with E-state index in [4.69, 9.17) is 10.5 Å². The summed E-state index contributed by atoms with van der Waals surface area (Å²) in [6.07, 6.45) is 1.72. The van der Waals surface area contributed by atoms with Gasteiger partial charge in [-0.05, 0) is 24.8 Å². The number of nitrogens with two attached hydrogens (primary N) is 1. The highest BCUT2D eigenvalue weighted by Gasteiger charge is 2.25. The van der Waals surface area contributed by atoms with E-state index in [0.717, 1.165) is 12.8 Å². The maximum Gasteiger partial charge on any atom is 0.246 e. The van der Waals surface area contributed by atoms with Gasteiger partial charge in [0.25, 0.3) is 0 Å². The zero-order chi connectivity index (χ0) is 12.6. The van der Waals surface area contributed by atoms with Crippen molar-refractivity contribution in [3.05, 3.63) is 0 Å². The van der Waals surface area contributed by atoms with Crippen molar-refractivity contribution in [3.63, 3.8) is 0 Å². The summed E-state index contributed by atoms with van der Waals surface area (Å²) in [6.45, 7) is 9.67. The summed E-state index contributed by atoms with van der Waals surface area (Å²) in [6, 6.07) is 0.107. The average molecular weight is 230 g/mol. The quantitative estimate of drug-likeness (QED) is 0.648. The summed E-state index contributed by atoms with van der Waals surface area (Å²) in [4.78, 5) is 11.6. The summed E-state index contributed by atoms with van der Waals surface area (Å²) in [5.74, 6) is -0.0539. The summed E-state index contributed by atoms with van der Waals surface area (Å²) >= 11 is 0. The van der Waals surface area contributed by atoms with Gasteiger partial charge < -0.3 is 15.8 Å². The van der Waals surface area contributed by atoms with Crippen LogP contribution in [0.4, 0.5) is 0 Å². The van der Waals surface area contributed by atoms with Gasteiger partial charge in [0.1, 0.15) is 6.61 Å². The normalized spacial score (nSPS) is 13.6. The minimum atomic E-state index is -0.0539. The molecule has 0 aromatic rings. The first kappa shape index (κ1) is 15.4. The van der Waals surface area contributed by atoms with E-state index in [9.17, 15) is 4.79 Å². The van der Waals surface area contributed by atoms with Gasteiger partial charge in [-0.25, -0.2) is 0 Å². The van der Waals surface area contributed by atoms with Crippen molar-refractivity contribution in [1.82, 2.24) is 5.32 Å². The number of hydrogen-bond donors (Lipinski definition) is 2. The molecule has 0 spiro atoms. The second-order valence-corrected chi connectivity index (χ2v) is 5.12. The minimum Gasteiger partial charge on any atom is -0.372 e. The smallest absolute Gasteiger partial charge is 0.246 e. The molecule has 0 saturated carbocycles. The van der Waals surface area contributed by atoms with Crippen molar-refractivity contribution in [2.75, 3.05) is 19.8 Å². The second kappa shape index (κ2) is 7.63. The highest BCUT2D eigenvalue weighted by Crippen LogP contribution is 2.21. The van der Waals surface area contributed by atoms with Crippen LogP contribution in [0.1, 0.15) is 40.5 Å². The first-order valence-corrected chi connectivity index (χ1v) is 5.99. The Morgan fingerprint density at radius 2 is 2.06 bits per heavy atom. The first-order chi connectivity index (χ1) is 7.41. The van der Waals surface area contributed by atoms with Crippen LogP contribution >= 0.6 is 0 Å². The van der Waals surface area contributed by atoms with Crippen LogP contribution < -0.4 is 11.1 Å². The topological polar surface area (TPSA) is 64.3 Å². The third kappa shape index (κ3) is 6.80. The van der Waals surface area contributed by atoms with Gasteiger partial charge in [0.05, 0.1) is 0 Å². The summed E-state index contributed by atoms with van der Waals surface area (Å²) in [5.41, 5.74) is 5.57. The molecule has 96 valence electrons. The average Bonchev–Trinajstić information content (AvgIpc) is 2.16. The van der Waals surface area contributed by atoms with Crippen molar-refractivity contribution in [1.29, 1.82) is 0 Å². The maximum absolute atomic E-state index is 11.6. The Bertz CT molecular complexity index is 200. The predicted octanol–water partition coefficient (Wildman–Crippen LogP) is 1.29. The highest BCUT2D eigenvalue weighted by atomic mass is 16.5. The Morgan fingerprint density at radius 3 is 2.50 bits per heavy atom. The Hall–Kier alpha value is -0.610. The van der Waals surface area contributed by atoms with Crippen molar-refractivity contribution >= 4 is 5.91 Å². The number of nitrogens with one attached hydrogen (secondary N) is 1. The van der Waals surface area contributed by atoms with E-state index in [2.05, 4.69) is 26.1 Å². The molecule has 0 rings (SSSR count). The van der Waals surface area contributed by atoms with Crippen LogP contribution in [0.3, 0.4) is 0 Å². The largest absolute Gasteiger partial charge is 0.372 e. The highest BCUT2D eigenvalue weighted by molar-refractivity contribution is 5.77. The van der Waals surface area contributed by atoms with Crippen LogP contribution in [0.2, 0.25) is 0 Å². The van der Waals surface area contributed by atoms with Gasteiger partial charge in [0, 0.05) is 12.6 Å². The molecular weight excluding hydrogens is 204 g/mol. The molecule has 0 saturated heterocycles. The molecule has 16 heavy (non-hydrogen) atoms. The lowest BCUT2D eigenvalue weighted by Gasteiger charge is -2.31. The van der Waals surface area contributed by atoms with Crippen molar-refractivity contribution < 1.29 is 9.53 Å². The lowest BCUT2D eigenvalue weighted by Crippen LogP contribution is -2.46. The van der Waals surface area contributed by atoms with Gasteiger partial charge in [0.2, 0.25) is 5.91 Å². The molecule has 0 fully saturated rings. The van der Waals surface area contributed by atoms with E-state index < -0.39 is 0 Å². The van der Waals surface area contributed by atoms with E-state index in [1.807, 2.05) is 6.92 Å². The summed E-state index contributed by atoms with van der Waals surface area (Å²) in [7, 11) is 0. The number of hydrogen-bond acceptors (Lipinski definition) is 3. The number of amides is 1. The van der Waals surface area contributed by atoms with Gasteiger partial charge in [-0.2, -0.15) is 0 Å². The SMILES string of the molecule is CCCOCC(=O)NC(CCN)C(C)(C)C. The van der Waals surface area contributed by atoms with E-state index >= 15 is 0 Å².